The molecule has 1 aromatic carbocycles. The van der Waals surface area contributed by atoms with E-state index >= 15 is 0 Å². The lowest BCUT2D eigenvalue weighted by Crippen LogP contribution is -2.29. The summed E-state index contributed by atoms with van der Waals surface area (Å²) < 4.78 is 0. The van der Waals surface area contributed by atoms with Crippen LogP contribution in [0, 0.1) is 0 Å². The fourth-order valence-corrected chi connectivity index (χ4v) is 2.45. The highest BCUT2D eigenvalue weighted by atomic mass is 35.5. The Balaban J connectivity index is 2.10. The van der Waals surface area contributed by atoms with Gasteiger partial charge < -0.3 is 0 Å². The van der Waals surface area contributed by atoms with Gasteiger partial charge in [-0.15, -0.1) is 0 Å². The van der Waals surface area contributed by atoms with Crippen LogP contribution in [0.5, 0.6) is 0 Å². The van der Waals surface area contributed by atoms with Crippen LogP contribution in [0.25, 0.3) is 10.9 Å². The van der Waals surface area contributed by atoms with Gasteiger partial charge in [0.25, 0.3) is 0 Å². The van der Waals surface area contributed by atoms with E-state index in [1.165, 1.54) is 0 Å². The van der Waals surface area contributed by atoms with Crippen LogP contribution in [-0.4, -0.2) is 9.97 Å². The second-order valence-electron chi connectivity index (χ2n) is 4.43. The maximum Gasteiger partial charge on any atom is 0.0896 e. The number of hydrazine groups is 1. The Morgan fingerprint density at radius 1 is 1.05 bits per heavy atom. The normalized spacial score (nSPS) is 12.5. The lowest BCUT2D eigenvalue weighted by molar-refractivity contribution is 0.621. The summed E-state index contributed by atoms with van der Waals surface area (Å²) in [5.41, 5.74) is 5.42. The number of nitrogens with one attached hydrogen (secondary N) is 1. The molecule has 3 N–H and O–H groups in total. The second-order valence-corrected chi connectivity index (χ2v) is 4.83. The van der Waals surface area contributed by atoms with Gasteiger partial charge in [0.15, 0.2) is 0 Å². The zero-order chi connectivity index (χ0) is 13.9. The third-order valence-corrected chi connectivity index (χ3v) is 3.51. The molecule has 0 bridgehead atoms. The molecule has 0 saturated carbocycles. The summed E-state index contributed by atoms with van der Waals surface area (Å²) >= 11 is 6.20. The molecule has 0 aliphatic rings. The van der Waals surface area contributed by atoms with Crippen molar-refractivity contribution in [3.05, 3.63) is 71.1 Å². The molecule has 3 aromatic rings. The van der Waals surface area contributed by atoms with Gasteiger partial charge in [0, 0.05) is 17.8 Å². The van der Waals surface area contributed by atoms with Crippen LogP contribution < -0.4 is 11.3 Å². The maximum atomic E-state index is 6.20. The topological polar surface area (TPSA) is 63.8 Å². The van der Waals surface area contributed by atoms with Gasteiger partial charge in [-0.25, -0.2) is 5.43 Å². The fraction of sp³-hybridized carbons (Fsp3) is 0.0667. The first-order chi connectivity index (χ1) is 9.79. The summed E-state index contributed by atoms with van der Waals surface area (Å²) in [6, 6.07) is 13.2. The van der Waals surface area contributed by atoms with E-state index in [4.69, 9.17) is 17.4 Å². The number of hydrogen-bond donors (Lipinski definition) is 2. The minimum atomic E-state index is -0.256. The van der Waals surface area contributed by atoms with E-state index in [2.05, 4.69) is 15.4 Å². The monoisotopic (exact) mass is 284 g/mol. The summed E-state index contributed by atoms with van der Waals surface area (Å²) in [7, 11) is 0. The standard InChI is InChI=1S/C15H13ClN4/c16-12-4-2-8-19-15(12)14(20-17)11-5-6-13-10(9-11)3-1-7-18-13/h1-9,14,20H,17H2. The van der Waals surface area contributed by atoms with Crippen molar-refractivity contribution in [1.29, 1.82) is 0 Å². The third kappa shape index (κ3) is 2.36. The molecule has 1 unspecified atom stereocenters. The molecule has 2 aromatic heterocycles. The summed E-state index contributed by atoms with van der Waals surface area (Å²) in [6.07, 6.45) is 3.48. The van der Waals surface area contributed by atoms with Crippen molar-refractivity contribution in [2.45, 2.75) is 6.04 Å². The Morgan fingerprint density at radius 3 is 2.65 bits per heavy atom. The zero-order valence-corrected chi connectivity index (χ0v) is 11.4. The van der Waals surface area contributed by atoms with Crippen molar-refractivity contribution in [3.63, 3.8) is 0 Å². The van der Waals surface area contributed by atoms with Crippen molar-refractivity contribution in [2.24, 2.45) is 5.84 Å². The fourth-order valence-electron chi connectivity index (χ4n) is 2.22. The molecule has 1 atom stereocenters. The summed E-state index contributed by atoms with van der Waals surface area (Å²) in [5.74, 6) is 5.69. The number of halogens is 1. The molecule has 0 radical (unpaired) electrons. The van der Waals surface area contributed by atoms with Crippen molar-refractivity contribution >= 4 is 22.5 Å². The Bertz CT molecular complexity index is 745. The van der Waals surface area contributed by atoms with Crippen LogP contribution in [0.15, 0.2) is 54.9 Å². The van der Waals surface area contributed by atoms with Gasteiger partial charge in [-0.05, 0) is 35.9 Å². The molecule has 3 rings (SSSR count). The van der Waals surface area contributed by atoms with Crippen molar-refractivity contribution < 1.29 is 0 Å². The molecular weight excluding hydrogens is 272 g/mol. The molecule has 0 amide bonds. The van der Waals surface area contributed by atoms with E-state index in [0.717, 1.165) is 16.5 Å². The van der Waals surface area contributed by atoms with Gasteiger partial charge >= 0.3 is 0 Å². The molecule has 0 aliphatic carbocycles. The first kappa shape index (κ1) is 13.0. The minimum absolute atomic E-state index is 0.256. The van der Waals surface area contributed by atoms with E-state index in [9.17, 15) is 0 Å². The van der Waals surface area contributed by atoms with Crippen molar-refractivity contribution in [3.8, 4) is 0 Å². The van der Waals surface area contributed by atoms with Crippen LogP contribution in [0.1, 0.15) is 17.3 Å². The molecule has 100 valence electrons. The first-order valence-corrected chi connectivity index (χ1v) is 6.58. The van der Waals surface area contributed by atoms with E-state index < -0.39 is 0 Å². The highest BCUT2D eigenvalue weighted by Crippen LogP contribution is 2.27. The van der Waals surface area contributed by atoms with Gasteiger partial charge in [0.05, 0.1) is 22.3 Å². The van der Waals surface area contributed by atoms with E-state index in [-0.39, 0.29) is 6.04 Å². The number of hydrogen-bond acceptors (Lipinski definition) is 4. The van der Waals surface area contributed by atoms with Crippen molar-refractivity contribution in [2.75, 3.05) is 0 Å². The Kier molecular flexibility index (Phi) is 3.60. The zero-order valence-electron chi connectivity index (χ0n) is 10.6. The molecular formula is C15H13ClN4. The van der Waals surface area contributed by atoms with Gasteiger partial charge in [0.1, 0.15) is 0 Å². The number of benzene rings is 1. The SMILES string of the molecule is NNC(c1ccc2ncccc2c1)c1ncccc1Cl. The average molecular weight is 285 g/mol. The van der Waals surface area contributed by atoms with Gasteiger partial charge in [-0.2, -0.15) is 0 Å². The van der Waals surface area contributed by atoms with Crippen LogP contribution in [0.4, 0.5) is 0 Å². The molecule has 0 aliphatic heterocycles. The molecule has 0 saturated heterocycles. The van der Waals surface area contributed by atoms with E-state index in [1.807, 2.05) is 30.3 Å². The number of fused-ring (bicyclic) bond motifs is 1. The Hall–Kier alpha value is -2.01. The second kappa shape index (κ2) is 5.54. The van der Waals surface area contributed by atoms with Crippen LogP contribution in [0.2, 0.25) is 5.02 Å². The average Bonchev–Trinajstić information content (AvgIpc) is 2.50. The van der Waals surface area contributed by atoms with Crippen molar-refractivity contribution in [1.82, 2.24) is 15.4 Å². The molecule has 4 nitrogen and oxygen atoms in total. The molecule has 0 fully saturated rings. The quantitative estimate of drug-likeness (QED) is 0.573. The van der Waals surface area contributed by atoms with E-state index in [1.54, 1.807) is 24.5 Å². The Morgan fingerprint density at radius 2 is 1.85 bits per heavy atom. The van der Waals surface area contributed by atoms with Gasteiger partial charge in [-0.3, -0.25) is 15.8 Å². The van der Waals surface area contributed by atoms with Crippen LogP contribution >= 0.6 is 11.6 Å². The number of pyridine rings is 2. The molecule has 2 heterocycles. The molecule has 5 heteroatoms. The lowest BCUT2D eigenvalue weighted by Gasteiger charge is -2.17. The van der Waals surface area contributed by atoms with E-state index in [0.29, 0.717) is 10.7 Å². The molecule has 20 heavy (non-hydrogen) atoms. The lowest BCUT2D eigenvalue weighted by atomic mass is 10.0. The predicted octanol–water partition coefficient (Wildman–Crippen LogP) is 2.84. The third-order valence-electron chi connectivity index (χ3n) is 3.19. The molecule has 0 spiro atoms. The van der Waals surface area contributed by atoms with Gasteiger partial charge in [0.2, 0.25) is 0 Å². The smallest absolute Gasteiger partial charge is 0.0896 e. The highest BCUT2D eigenvalue weighted by molar-refractivity contribution is 6.31. The maximum absolute atomic E-state index is 6.20. The highest BCUT2D eigenvalue weighted by Gasteiger charge is 2.17. The summed E-state index contributed by atoms with van der Waals surface area (Å²) in [4.78, 5) is 8.62. The predicted molar refractivity (Wildman–Crippen MR) is 80.2 cm³/mol. The summed E-state index contributed by atoms with van der Waals surface area (Å²) in [5, 5.41) is 1.64. The van der Waals surface area contributed by atoms with Gasteiger partial charge in [-0.1, -0.05) is 23.7 Å². The van der Waals surface area contributed by atoms with Crippen LogP contribution in [0.3, 0.4) is 0 Å². The first-order valence-electron chi connectivity index (χ1n) is 6.21. The Labute approximate surface area is 121 Å². The van der Waals surface area contributed by atoms with Crippen LogP contribution in [-0.2, 0) is 0 Å². The number of aromatic nitrogens is 2. The largest absolute Gasteiger partial charge is 0.271 e. The summed E-state index contributed by atoms with van der Waals surface area (Å²) in [6.45, 7) is 0. The number of nitrogens with zero attached hydrogens (tertiary/aromatic N) is 2. The minimum Gasteiger partial charge on any atom is -0.271 e. The number of rotatable bonds is 3. The number of nitrogens with two attached hydrogens (primary N) is 1.